The van der Waals surface area contributed by atoms with Crippen LogP contribution in [0.5, 0.6) is 17.2 Å². The number of fused-ring (bicyclic) bond motifs is 9. The molecule has 4 heterocycles. The van der Waals surface area contributed by atoms with Gasteiger partial charge in [-0.15, -0.1) is 6.42 Å². The largest absolute Gasteiger partial charge is 0.507 e. The van der Waals surface area contributed by atoms with E-state index in [-0.39, 0.29) is 80.8 Å². The van der Waals surface area contributed by atoms with Crippen LogP contribution >= 0.6 is 0 Å². The van der Waals surface area contributed by atoms with Crippen molar-refractivity contribution in [3.63, 3.8) is 0 Å². The molecule has 13 heteroatoms. The lowest BCUT2D eigenvalue weighted by Crippen LogP contribution is -2.39. The highest BCUT2D eigenvalue weighted by Crippen LogP contribution is 2.48. The standard InChI is InChI=1S/C47H53N3O10/c1-10-31-17-13-21-57-47(7)45(55)39-37-33(48-32-19-18-30(23-35(32)52)16-12-20-50(8)9)24-34(41(54)38(37)40(53)28(5)43(39)60-47)49-46(56)26(3)15-11-14-25(2)42-27(4)22-36(59-42)44(31)58-29(6)51/h1,11,13-15,18-19,21,23-25,27,31,36,42,44,52-53H,12,16-17,20,22H2,2-9H3,(H,49,56)/b14-11+,21-13+,26-15-,48-33?/t25-,27-,31+,36+,42-,44+,47-/m0/s1. The fourth-order valence-corrected chi connectivity index (χ4v) is 8.16. The molecule has 1 saturated heterocycles. The summed E-state index contributed by atoms with van der Waals surface area (Å²) in [6.45, 7) is 10.7. The van der Waals surface area contributed by atoms with Crippen molar-refractivity contribution in [2.75, 3.05) is 20.6 Å². The Morgan fingerprint density at radius 3 is 2.57 bits per heavy atom. The van der Waals surface area contributed by atoms with Crippen molar-refractivity contribution in [2.45, 2.75) is 91.3 Å². The number of benzene rings is 2. The number of phenolic OH excluding ortho intramolecular Hbond substituents is 2. The summed E-state index contributed by atoms with van der Waals surface area (Å²) >= 11 is 0. The SMILES string of the molecule is C#C[C@@H]1C/C=C/O[C@@]2(C)Oc3c(C)c(O)c4c(c3C2=O)C(=Nc2ccc(CCCN(C)C)cc2O)C=C(NC(=O)/C(C)=C\C=C\[C@H](C)[C@@H]2O[C@H](C[C@@H]2C)[C@@H]1OC(C)=O)C4=O. The van der Waals surface area contributed by atoms with Crippen LogP contribution in [0.25, 0.3) is 0 Å². The fourth-order valence-electron chi connectivity index (χ4n) is 8.16. The number of ketones is 2. The Labute approximate surface area is 350 Å². The maximum Gasteiger partial charge on any atom is 0.312 e. The summed E-state index contributed by atoms with van der Waals surface area (Å²) in [7, 11) is 3.97. The quantitative estimate of drug-likeness (QED) is 0.213. The molecule has 1 amide bonds. The molecular formula is C47H53N3O10. The molecule has 0 spiro atoms. The molecule has 13 nitrogen and oxygen atoms in total. The van der Waals surface area contributed by atoms with Gasteiger partial charge in [0, 0.05) is 36.5 Å². The maximum absolute atomic E-state index is 14.5. The van der Waals surface area contributed by atoms with Gasteiger partial charge in [0.1, 0.15) is 29.0 Å². The molecule has 3 N–H and O–H groups in total. The molecule has 7 atom stereocenters. The minimum Gasteiger partial charge on any atom is -0.507 e. The first-order valence-corrected chi connectivity index (χ1v) is 20.2. The number of nitrogens with zero attached hydrogens (tertiary/aromatic N) is 2. The highest BCUT2D eigenvalue weighted by molar-refractivity contribution is 6.32. The number of carbonyl (C=O) groups is 4. The molecule has 316 valence electrons. The Kier molecular flexibility index (Phi) is 12.9. The normalized spacial score (nSPS) is 29.3. The average molecular weight is 820 g/mol. The maximum atomic E-state index is 14.5. The third kappa shape index (κ3) is 8.81. The number of aliphatic imine (C=N–C) groups is 1. The number of aryl methyl sites for hydroxylation is 1. The lowest BCUT2D eigenvalue weighted by atomic mass is 9.83. The number of allylic oxidation sites excluding steroid dienone is 5. The van der Waals surface area contributed by atoms with Gasteiger partial charge in [0.25, 0.3) is 11.7 Å². The van der Waals surface area contributed by atoms with Crippen LogP contribution in [0.3, 0.4) is 0 Å². The number of terminal acetylenes is 1. The highest BCUT2D eigenvalue weighted by atomic mass is 16.7. The lowest BCUT2D eigenvalue weighted by Gasteiger charge is -2.28. The van der Waals surface area contributed by atoms with Crippen molar-refractivity contribution in [1.82, 2.24) is 10.2 Å². The Morgan fingerprint density at radius 1 is 1.13 bits per heavy atom. The van der Waals surface area contributed by atoms with Gasteiger partial charge in [0.05, 0.1) is 46.9 Å². The first-order valence-electron chi connectivity index (χ1n) is 20.2. The van der Waals surface area contributed by atoms with Gasteiger partial charge in [-0.05, 0) is 95.9 Å². The lowest BCUT2D eigenvalue weighted by molar-refractivity contribution is -0.158. The van der Waals surface area contributed by atoms with Crippen LogP contribution in [-0.2, 0) is 30.2 Å². The predicted octanol–water partition coefficient (Wildman–Crippen LogP) is 6.56. The van der Waals surface area contributed by atoms with Crippen LogP contribution in [0.1, 0.15) is 91.3 Å². The van der Waals surface area contributed by atoms with Crippen molar-refractivity contribution >= 4 is 34.8 Å². The van der Waals surface area contributed by atoms with Crippen molar-refractivity contribution < 1.29 is 48.3 Å². The average Bonchev–Trinajstić information content (AvgIpc) is 3.70. The van der Waals surface area contributed by atoms with Gasteiger partial charge in [0.15, 0.2) is 0 Å². The first kappa shape index (κ1) is 43.6. The number of rotatable bonds is 6. The Bertz CT molecular complexity index is 2300. The summed E-state index contributed by atoms with van der Waals surface area (Å²) in [6.07, 6.45) is 16.3. The zero-order chi connectivity index (χ0) is 43.6. The molecule has 0 saturated carbocycles. The van der Waals surface area contributed by atoms with Crippen LogP contribution in [0, 0.1) is 37.0 Å². The van der Waals surface area contributed by atoms with Crippen LogP contribution < -0.4 is 10.1 Å². The van der Waals surface area contributed by atoms with Crippen LogP contribution in [0.15, 0.2) is 71.1 Å². The summed E-state index contributed by atoms with van der Waals surface area (Å²) in [5.41, 5.74) is 0.771. The Hall–Kier alpha value is -5.97. The van der Waals surface area contributed by atoms with Gasteiger partial charge >= 0.3 is 11.8 Å². The van der Waals surface area contributed by atoms with Gasteiger partial charge in [-0.25, -0.2) is 4.99 Å². The van der Waals surface area contributed by atoms with Crippen LogP contribution in [0.2, 0.25) is 0 Å². The summed E-state index contributed by atoms with van der Waals surface area (Å²) in [4.78, 5) is 61.6. The molecule has 1 aliphatic carbocycles. The van der Waals surface area contributed by atoms with Gasteiger partial charge in [-0.3, -0.25) is 19.2 Å². The van der Waals surface area contributed by atoms with Crippen molar-refractivity contribution in [1.29, 1.82) is 0 Å². The van der Waals surface area contributed by atoms with E-state index in [9.17, 15) is 29.4 Å². The van der Waals surface area contributed by atoms with Crippen molar-refractivity contribution in [3.8, 4) is 29.6 Å². The van der Waals surface area contributed by atoms with Crippen molar-refractivity contribution in [3.05, 3.63) is 93.9 Å². The first-order chi connectivity index (χ1) is 28.4. The summed E-state index contributed by atoms with van der Waals surface area (Å²) in [5, 5.41) is 25.5. The van der Waals surface area contributed by atoms with E-state index < -0.39 is 53.1 Å². The third-order valence-electron chi connectivity index (χ3n) is 11.4. The smallest absolute Gasteiger partial charge is 0.312 e. The van der Waals surface area contributed by atoms with Crippen LogP contribution in [0.4, 0.5) is 5.69 Å². The minimum atomic E-state index is -1.97. The minimum absolute atomic E-state index is 0.00476. The molecule has 0 radical (unpaired) electrons. The fraction of sp³-hybridized carbons (Fsp3) is 0.426. The van der Waals surface area contributed by atoms with E-state index in [4.69, 9.17) is 30.4 Å². The number of ether oxygens (including phenoxy) is 4. The molecule has 0 unspecified atom stereocenters. The molecule has 60 heavy (non-hydrogen) atoms. The van der Waals surface area contributed by atoms with E-state index in [1.807, 2.05) is 33.2 Å². The van der Waals surface area contributed by atoms with E-state index in [0.29, 0.717) is 12.8 Å². The molecule has 0 aromatic heterocycles. The molecule has 2 aromatic rings. The monoisotopic (exact) mass is 819 g/mol. The Morgan fingerprint density at radius 2 is 1.88 bits per heavy atom. The molecule has 7 rings (SSSR count). The number of hydrogen-bond donors (Lipinski definition) is 3. The molecule has 7 bridgehead atoms. The second kappa shape index (κ2) is 17.7. The van der Waals surface area contributed by atoms with Gasteiger partial charge in [-0.1, -0.05) is 44.1 Å². The Balaban J connectivity index is 1.47. The van der Waals surface area contributed by atoms with E-state index in [0.717, 1.165) is 18.5 Å². The zero-order valence-corrected chi connectivity index (χ0v) is 35.3. The molecular weight excluding hydrogens is 767 g/mol. The van der Waals surface area contributed by atoms with Crippen LogP contribution in [-0.4, -0.2) is 89.0 Å². The zero-order valence-electron chi connectivity index (χ0n) is 35.3. The number of amides is 1. The number of aromatic hydroxyl groups is 2. The molecule has 1 fully saturated rings. The number of phenols is 2. The molecule has 5 aliphatic rings. The number of Topliss-reactive ketones (excluding diaryl/α,β-unsaturated/α-hetero) is 2. The third-order valence-corrected chi connectivity index (χ3v) is 11.4. The second-order valence-electron chi connectivity index (χ2n) is 16.4. The van der Waals surface area contributed by atoms with Gasteiger partial charge < -0.3 is 39.4 Å². The highest BCUT2D eigenvalue weighted by Gasteiger charge is 2.51. The number of hydrogen-bond acceptors (Lipinski definition) is 12. The topological polar surface area (TPSA) is 173 Å². The number of carbonyl (C=O) groups excluding carboxylic acids is 4. The summed E-state index contributed by atoms with van der Waals surface area (Å²) in [6, 6.07) is 5.07. The van der Waals surface area contributed by atoms with Crippen molar-refractivity contribution in [2.24, 2.45) is 22.7 Å². The number of nitrogens with one attached hydrogen (secondary N) is 1. The predicted molar refractivity (Wildman–Crippen MR) is 225 cm³/mol. The van der Waals surface area contributed by atoms with E-state index in [2.05, 4.69) is 23.1 Å². The number of esters is 1. The second-order valence-corrected chi connectivity index (χ2v) is 16.4. The summed E-state index contributed by atoms with van der Waals surface area (Å²) < 4.78 is 24.5. The van der Waals surface area contributed by atoms with Gasteiger partial charge in [0.2, 0.25) is 5.78 Å². The van der Waals surface area contributed by atoms with E-state index in [1.54, 1.807) is 37.3 Å². The molecule has 4 aliphatic heterocycles. The van der Waals surface area contributed by atoms with E-state index in [1.165, 1.54) is 33.1 Å². The van der Waals surface area contributed by atoms with E-state index >= 15 is 0 Å². The summed E-state index contributed by atoms with van der Waals surface area (Å²) in [5.74, 6) is -3.07. The van der Waals surface area contributed by atoms with Gasteiger partial charge in [-0.2, -0.15) is 0 Å². The molecule has 2 aromatic carbocycles.